The molecule has 0 aliphatic carbocycles. The highest BCUT2D eigenvalue weighted by atomic mass is 35.5. The number of aliphatic hydroxyl groups excluding tert-OH is 1. The number of ether oxygens (including phenoxy) is 1. The SMILES string of the molecule is C=CCN(Cc1ccccc1)C(=O)[C@H]1[C@H]2C(=O)N(CCCCCCO)C(C(=O)N(CC=C)c3ccc(Cl)cc3)C23CC[C@]1(C)O3. The summed E-state index contributed by atoms with van der Waals surface area (Å²) in [5.74, 6) is -2.13. The van der Waals surface area contributed by atoms with Crippen molar-refractivity contribution in [1.29, 1.82) is 0 Å². The molecule has 2 aromatic rings. The molecule has 3 aliphatic rings. The van der Waals surface area contributed by atoms with E-state index in [1.807, 2.05) is 37.3 Å². The number of likely N-dealkylation sites (tertiary alicyclic amines) is 1. The fraction of sp³-hybridized carbons (Fsp3) is 0.472. The maximum absolute atomic E-state index is 14.7. The Bertz CT molecular complexity index is 1400. The number of unbranched alkanes of at least 4 members (excludes halogenated alkanes) is 3. The number of hydrogen-bond acceptors (Lipinski definition) is 5. The van der Waals surface area contributed by atoms with Gasteiger partial charge in [-0.05, 0) is 62.4 Å². The van der Waals surface area contributed by atoms with Crippen molar-refractivity contribution >= 4 is 35.0 Å². The lowest BCUT2D eigenvalue weighted by Crippen LogP contribution is -2.56. The van der Waals surface area contributed by atoms with Crippen LogP contribution in [0.2, 0.25) is 5.02 Å². The molecule has 2 aromatic carbocycles. The number of hydrogen-bond donors (Lipinski definition) is 1. The van der Waals surface area contributed by atoms with E-state index >= 15 is 0 Å². The maximum atomic E-state index is 14.7. The summed E-state index contributed by atoms with van der Waals surface area (Å²) in [4.78, 5) is 48.9. The second-order valence-electron chi connectivity index (χ2n) is 12.6. The van der Waals surface area contributed by atoms with Crippen molar-refractivity contribution in [3.63, 3.8) is 0 Å². The minimum Gasteiger partial charge on any atom is -0.396 e. The van der Waals surface area contributed by atoms with Crippen molar-refractivity contribution in [3.05, 3.63) is 90.5 Å². The lowest BCUT2D eigenvalue weighted by Gasteiger charge is -2.37. The van der Waals surface area contributed by atoms with Crippen LogP contribution in [-0.2, 0) is 25.7 Å². The van der Waals surface area contributed by atoms with E-state index in [-0.39, 0.29) is 30.9 Å². The number of fused-ring (bicyclic) bond motifs is 1. The Morgan fingerprint density at radius 1 is 1.00 bits per heavy atom. The zero-order valence-corrected chi connectivity index (χ0v) is 26.8. The van der Waals surface area contributed by atoms with Crippen LogP contribution in [0.1, 0.15) is 51.0 Å². The molecule has 3 heterocycles. The van der Waals surface area contributed by atoms with Crippen molar-refractivity contribution in [2.45, 2.75) is 69.2 Å². The van der Waals surface area contributed by atoms with E-state index in [4.69, 9.17) is 16.3 Å². The third-order valence-corrected chi connectivity index (χ3v) is 9.93. The van der Waals surface area contributed by atoms with Crippen LogP contribution < -0.4 is 4.90 Å². The van der Waals surface area contributed by atoms with Crippen molar-refractivity contribution in [1.82, 2.24) is 9.80 Å². The topological polar surface area (TPSA) is 90.4 Å². The van der Waals surface area contributed by atoms with Crippen LogP contribution in [0.25, 0.3) is 0 Å². The predicted octanol–water partition coefficient (Wildman–Crippen LogP) is 5.39. The molecule has 2 bridgehead atoms. The number of carbonyl (C=O) groups is 3. The Balaban J connectivity index is 1.52. The van der Waals surface area contributed by atoms with Gasteiger partial charge in [-0.15, -0.1) is 13.2 Å². The number of nitrogens with zero attached hydrogens (tertiary/aromatic N) is 3. The van der Waals surface area contributed by atoms with Crippen molar-refractivity contribution in [3.8, 4) is 0 Å². The van der Waals surface area contributed by atoms with E-state index < -0.39 is 29.1 Å². The molecular weight excluding hydrogens is 590 g/mol. The molecule has 8 nitrogen and oxygen atoms in total. The molecule has 0 radical (unpaired) electrons. The summed E-state index contributed by atoms with van der Waals surface area (Å²) in [6.07, 6.45) is 7.42. The zero-order valence-electron chi connectivity index (χ0n) is 26.1. The van der Waals surface area contributed by atoms with Gasteiger partial charge in [0.05, 0.1) is 17.4 Å². The van der Waals surface area contributed by atoms with E-state index in [0.717, 1.165) is 18.4 Å². The minimum atomic E-state index is -1.13. The second kappa shape index (κ2) is 13.9. The predicted molar refractivity (Wildman–Crippen MR) is 176 cm³/mol. The molecule has 1 N–H and O–H groups in total. The van der Waals surface area contributed by atoms with Crippen LogP contribution >= 0.6 is 11.6 Å². The molecule has 3 fully saturated rings. The Morgan fingerprint density at radius 2 is 1.69 bits per heavy atom. The number of carbonyl (C=O) groups excluding carboxylic acids is 3. The number of anilines is 1. The Hall–Kier alpha value is -3.46. The first-order valence-corrected chi connectivity index (χ1v) is 16.3. The summed E-state index contributed by atoms with van der Waals surface area (Å²) in [6, 6.07) is 15.9. The van der Waals surface area contributed by atoms with Crippen molar-refractivity contribution < 1.29 is 24.2 Å². The molecule has 3 amide bonds. The Kier molecular flexibility index (Phi) is 10.2. The molecule has 0 saturated carbocycles. The van der Waals surface area contributed by atoms with Gasteiger partial charge in [0.15, 0.2) is 0 Å². The normalized spacial score (nSPS) is 26.5. The Labute approximate surface area is 271 Å². The molecule has 3 aliphatic heterocycles. The van der Waals surface area contributed by atoms with E-state index in [1.54, 1.807) is 51.1 Å². The third kappa shape index (κ3) is 6.20. The molecule has 45 heavy (non-hydrogen) atoms. The fourth-order valence-electron chi connectivity index (χ4n) is 7.68. The molecule has 5 rings (SSSR count). The molecular formula is C36H44ClN3O5. The van der Waals surface area contributed by atoms with E-state index in [0.29, 0.717) is 56.0 Å². The summed E-state index contributed by atoms with van der Waals surface area (Å²) in [6.45, 7) is 11.1. The minimum absolute atomic E-state index is 0.118. The van der Waals surface area contributed by atoms with Gasteiger partial charge in [0.25, 0.3) is 5.91 Å². The molecule has 3 saturated heterocycles. The molecule has 9 heteroatoms. The van der Waals surface area contributed by atoms with Gasteiger partial charge >= 0.3 is 0 Å². The fourth-order valence-corrected chi connectivity index (χ4v) is 7.80. The highest BCUT2D eigenvalue weighted by molar-refractivity contribution is 6.30. The van der Waals surface area contributed by atoms with E-state index in [9.17, 15) is 19.5 Å². The van der Waals surface area contributed by atoms with Gasteiger partial charge in [-0.25, -0.2) is 0 Å². The van der Waals surface area contributed by atoms with Gasteiger partial charge in [0.1, 0.15) is 11.6 Å². The number of benzene rings is 2. The second-order valence-corrected chi connectivity index (χ2v) is 13.0. The monoisotopic (exact) mass is 633 g/mol. The van der Waals surface area contributed by atoms with Crippen molar-refractivity contribution in [2.24, 2.45) is 11.8 Å². The van der Waals surface area contributed by atoms with Gasteiger partial charge in [0.2, 0.25) is 11.8 Å². The van der Waals surface area contributed by atoms with Gasteiger partial charge in [-0.3, -0.25) is 14.4 Å². The largest absolute Gasteiger partial charge is 0.396 e. The first-order chi connectivity index (χ1) is 21.7. The zero-order chi connectivity index (χ0) is 32.2. The average molecular weight is 634 g/mol. The third-order valence-electron chi connectivity index (χ3n) is 9.68. The summed E-state index contributed by atoms with van der Waals surface area (Å²) < 4.78 is 6.88. The highest BCUT2D eigenvalue weighted by Crippen LogP contribution is 2.63. The van der Waals surface area contributed by atoms with E-state index in [1.165, 1.54) is 0 Å². The highest BCUT2D eigenvalue weighted by Gasteiger charge is 2.78. The first kappa shape index (κ1) is 32.9. The molecule has 5 atom stereocenters. The smallest absolute Gasteiger partial charge is 0.253 e. The van der Waals surface area contributed by atoms with Crippen LogP contribution in [0.3, 0.4) is 0 Å². The summed E-state index contributed by atoms with van der Waals surface area (Å²) >= 11 is 6.16. The molecule has 0 aromatic heterocycles. The van der Waals surface area contributed by atoms with Gasteiger partial charge in [-0.1, -0.05) is 66.9 Å². The average Bonchev–Trinajstić information content (AvgIpc) is 3.60. The van der Waals surface area contributed by atoms with Crippen LogP contribution in [0.5, 0.6) is 0 Å². The summed E-state index contributed by atoms with van der Waals surface area (Å²) in [7, 11) is 0. The standard InChI is InChI=1S/C36H44ClN3O5/c1-4-21-38(25-26-13-9-8-10-14-26)32(42)29-30-33(43)40(23-11-6-7-12-24-41)31(36(30)20-19-35(29,3)45-36)34(44)39(22-5-2)28-17-15-27(37)16-18-28/h4-5,8-10,13-18,29-31,41H,1-2,6-7,11-12,19-25H2,3H3/t29-,30+,31?,35+,36?/m1/s1. The number of halogens is 1. The lowest BCUT2D eigenvalue weighted by atomic mass is 9.66. The van der Waals surface area contributed by atoms with Crippen LogP contribution in [0, 0.1) is 11.8 Å². The van der Waals surface area contributed by atoms with Crippen molar-refractivity contribution in [2.75, 3.05) is 31.1 Å². The Morgan fingerprint density at radius 3 is 2.36 bits per heavy atom. The van der Waals surface area contributed by atoms with Crippen LogP contribution in [0.15, 0.2) is 79.9 Å². The van der Waals surface area contributed by atoms with Gasteiger partial charge in [0, 0.05) is 43.5 Å². The number of amides is 3. The molecule has 1 spiro atoms. The van der Waals surface area contributed by atoms with Crippen LogP contribution in [-0.4, -0.2) is 76.1 Å². The maximum Gasteiger partial charge on any atom is 0.253 e. The first-order valence-electron chi connectivity index (χ1n) is 15.9. The molecule has 240 valence electrons. The van der Waals surface area contributed by atoms with Gasteiger partial charge < -0.3 is 24.5 Å². The van der Waals surface area contributed by atoms with E-state index in [2.05, 4.69) is 13.2 Å². The summed E-state index contributed by atoms with van der Waals surface area (Å²) in [5.41, 5.74) is -0.392. The lowest BCUT2D eigenvalue weighted by molar-refractivity contribution is -0.150. The van der Waals surface area contributed by atoms with Gasteiger partial charge in [-0.2, -0.15) is 0 Å². The quantitative estimate of drug-likeness (QED) is 0.210. The number of aliphatic hydroxyl groups is 1. The molecule has 2 unspecified atom stereocenters. The van der Waals surface area contributed by atoms with Crippen LogP contribution in [0.4, 0.5) is 5.69 Å². The summed E-state index contributed by atoms with van der Waals surface area (Å²) in [5, 5.41) is 9.79. The number of rotatable bonds is 15.